The van der Waals surface area contributed by atoms with E-state index in [1.54, 1.807) is 6.92 Å². The number of piperidine rings is 1. The van der Waals surface area contributed by atoms with Crippen LogP contribution in [0.4, 0.5) is 0 Å². The van der Waals surface area contributed by atoms with Gasteiger partial charge < -0.3 is 16.0 Å². The summed E-state index contributed by atoms with van der Waals surface area (Å²) in [5.41, 5.74) is 5.52. The molecular formula is C10H21N3O. The maximum absolute atomic E-state index is 10.7. The molecule has 4 heteroatoms. The van der Waals surface area contributed by atoms with Crippen molar-refractivity contribution in [1.82, 2.24) is 10.2 Å². The van der Waals surface area contributed by atoms with Gasteiger partial charge in [0.25, 0.3) is 0 Å². The van der Waals surface area contributed by atoms with Crippen molar-refractivity contribution in [2.45, 2.75) is 19.8 Å². The molecule has 1 saturated heterocycles. The summed E-state index contributed by atoms with van der Waals surface area (Å²) in [5.74, 6) is 0.681. The maximum Gasteiger partial charge on any atom is 0.216 e. The molecule has 1 aliphatic rings. The fourth-order valence-electron chi connectivity index (χ4n) is 1.99. The van der Waals surface area contributed by atoms with Gasteiger partial charge in [-0.1, -0.05) is 0 Å². The Morgan fingerprint density at radius 3 is 3.07 bits per heavy atom. The first kappa shape index (κ1) is 11.5. The number of hydrogen-bond acceptors (Lipinski definition) is 3. The Labute approximate surface area is 85.8 Å². The summed E-state index contributed by atoms with van der Waals surface area (Å²) in [4.78, 5) is 13.1. The number of amides is 1. The van der Waals surface area contributed by atoms with Gasteiger partial charge in [0, 0.05) is 33.1 Å². The molecule has 1 aliphatic heterocycles. The third kappa shape index (κ3) is 4.07. The van der Waals surface area contributed by atoms with Crippen LogP contribution >= 0.6 is 0 Å². The van der Waals surface area contributed by atoms with Gasteiger partial charge in [-0.05, 0) is 25.3 Å². The van der Waals surface area contributed by atoms with Gasteiger partial charge in [0.1, 0.15) is 0 Å². The van der Waals surface area contributed by atoms with Crippen LogP contribution in [-0.2, 0) is 4.79 Å². The summed E-state index contributed by atoms with van der Waals surface area (Å²) in [7, 11) is 0. The minimum atomic E-state index is 0.0703. The zero-order valence-electron chi connectivity index (χ0n) is 8.96. The molecule has 1 amide bonds. The second-order valence-electron chi connectivity index (χ2n) is 4.03. The second-order valence-corrected chi connectivity index (χ2v) is 4.03. The van der Waals surface area contributed by atoms with Crippen LogP contribution in [0.5, 0.6) is 0 Å². The van der Waals surface area contributed by atoms with Crippen molar-refractivity contribution < 1.29 is 4.79 Å². The standard InChI is InChI=1S/C10H21N3O/c1-9(14)12-7-10-3-2-5-13(8-10)6-4-11/h10H,2-8,11H2,1H3,(H,12,14)/t10-/m0/s1. The zero-order valence-corrected chi connectivity index (χ0v) is 8.96. The number of nitrogens with one attached hydrogen (secondary N) is 1. The number of likely N-dealkylation sites (tertiary alicyclic amines) is 1. The van der Waals surface area contributed by atoms with Crippen molar-refractivity contribution in [2.24, 2.45) is 11.7 Å². The molecule has 1 atom stereocenters. The van der Waals surface area contributed by atoms with Crippen molar-refractivity contribution in [1.29, 1.82) is 0 Å². The molecule has 0 aromatic carbocycles. The van der Waals surface area contributed by atoms with Gasteiger partial charge in [-0.3, -0.25) is 4.79 Å². The molecule has 82 valence electrons. The Balaban J connectivity index is 2.21. The van der Waals surface area contributed by atoms with Gasteiger partial charge in [-0.25, -0.2) is 0 Å². The first-order chi connectivity index (χ1) is 6.72. The third-order valence-corrected chi connectivity index (χ3v) is 2.69. The molecule has 0 aromatic heterocycles. The summed E-state index contributed by atoms with van der Waals surface area (Å²) < 4.78 is 0. The highest BCUT2D eigenvalue weighted by atomic mass is 16.1. The minimum Gasteiger partial charge on any atom is -0.356 e. The lowest BCUT2D eigenvalue weighted by Crippen LogP contribution is -2.42. The third-order valence-electron chi connectivity index (χ3n) is 2.69. The smallest absolute Gasteiger partial charge is 0.216 e. The van der Waals surface area contributed by atoms with E-state index < -0.39 is 0 Å². The predicted octanol–water partition coefficient (Wildman–Crippen LogP) is -0.207. The minimum absolute atomic E-state index is 0.0703. The summed E-state index contributed by atoms with van der Waals surface area (Å²) in [6.07, 6.45) is 2.45. The number of rotatable bonds is 4. The van der Waals surface area contributed by atoms with Crippen LogP contribution in [0.1, 0.15) is 19.8 Å². The first-order valence-electron chi connectivity index (χ1n) is 5.39. The van der Waals surface area contributed by atoms with Crippen LogP contribution in [0.25, 0.3) is 0 Å². The van der Waals surface area contributed by atoms with Crippen molar-refractivity contribution in [2.75, 3.05) is 32.7 Å². The van der Waals surface area contributed by atoms with E-state index in [-0.39, 0.29) is 5.91 Å². The SMILES string of the molecule is CC(=O)NC[C@@H]1CCCN(CCN)C1. The highest BCUT2D eigenvalue weighted by Gasteiger charge is 2.18. The van der Waals surface area contributed by atoms with E-state index in [4.69, 9.17) is 5.73 Å². The molecular weight excluding hydrogens is 178 g/mol. The molecule has 0 bridgehead atoms. The zero-order chi connectivity index (χ0) is 10.4. The topological polar surface area (TPSA) is 58.4 Å². The van der Waals surface area contributed by atoms with Crippen LogP contribution in [0.2, 0.25) is 0 Å². The number of hydrogen-bond donors (Lipinski definition) is 2. The Bertz CT molecular complexity index is 182. The van der Waals surface area contributed by atoms with E-state index >= 15 is 0 Å². The van der Waals surface area contributed by atoms with Gasteiger partial charge >= 0.3 is 0 Å². The van der Waals surface area contributed by atoms with E-state index in [1.807, 2.05) is 0 Å². The average molecular weight is 199 g/mol. The normalized spacial score (nSPS) is 23.4. The molecule has 14 heavy (non-hydrogen) atoms. The lowest BCUT2D eigenvalue weighted by molar-refractivity contribution is -0.119. The van der Waals surface area contributed by atoms with E-state index in [0.29, 0.717) is 5.92 Å². The van der Waals surface area contributed by atoms with Crippen molar-refractivity contribution >= 4 is 5.91 Å². The summed E-state index contributed by atoms with van der Waals surface area (Å²) in [5, 5.41) is 2.88. The van der Waals surface area contributed by atoms with E-state index in [0.717, 1.165) is 32.7 Å². The van der Waals surface area contributed by atoms with Gasteiger partial charge in [0.2, 0.25) is 5.91 Å². The molecule has 0 aromatic rings. The van der Waals surface area contributed by atoms with Crippen LogP contribution < -0.4 is 11.1 Å². The lowest BCUT2D eigenvalue weighted by Gasteiger charge is -2.32. The van der Waals surface area contributed by atoms with Crippen molar-refractivity contribution in [3.05, 3.63) is 0 Å². The van der Waals surface area contributed by atoms with Crippen LogP contribution in [0, 0.1) is 5.92 Å². The molecule has 4 nitrogen and oxygen atoms in total. The highest BCUT2D eigenvalue weighted by molar-refractivity contribution is 5.72. The van der Waals surface area contributed by atoms with Gasteiger partial charge in [-0.2, -0.15) is 0 Å². The second kappa shape index (κ2) is 5.98. The van der Waals surface area contributed by atoms with Gasteiger partial charge in [0.15, 0.2) is 0 Å². The first-order valence-corrected chi connectivity index (χ1v) is 5.39. The predicted molar refractivity (Wildman–Crippen MR) is 56.9 cm³/mol. The number of carbonyl (C=O) groups is 1. The molecule has 0 spiro atoms. The maximum atomic E-state index is 10.7. The summed E-state index contributed by atoms with van der Waals surface area (Å²) in [6.45, 7) is 6.34. The summed E-state index contributed by atoms with van der Waals surface area (Å²) >= 11 is 0. The van der Waals surface area contributed by atoms with E-state index in [9.17, 15) is 4.79 Å². The molecule has 1 fully saturated rings. The highest BCUT2D eigenvalue weighted by Crippen LogP contribution is 2.14. The fraction of sp³-hybridized carbons (Fsp3) is 0.900. The lowest BCUT2D eigenvalue weighted by atomic mass is 9.98. The number of nitrogens with zero attached hydrogens (tertiary/aromatic N) is 1. The Morgan fingerprint density at radius 1 is 1.64 bits per heavy atom. The Hall–Kier alpha value is -0.610. The van der Waals surface area contributed by atoms with Crippen molar-refractivity contribution in [3.8, 4) is 0 Å². The quantitative estimate of drug-likeness (QED) is 0.659. The molecule has 1 heterocycles. The average Bonchev–Trinajstić information content (AvgIpc) is 2.16. The molecule has 3 N–H and O–H groups in total. The van der Waals surface area contributed by atoms with Crippen LogP contribution in [0.15, 0.2) is 0 Å². The molecule has 0 radical (unpaired) electrons. The molecule has 0 aliphatic carbocycles. The molecule has 0 saturated carbocycles. The van der Waals surface area contributed by atoms with Gasteiger partial charge in [-0.15, -0.1) is 0 Å². The van der Waals surface area contributed by atoms with Crippen LogP contribution in [-0.4, -0.2) is 43.5 Å². The molecule has 1 rings (SSSR count). The Morgan fingerprint density at radius 2 is 2.43 bits per heavy atom. The summed E-state index contributed by atoms with van der Waals surface area (Å²) in [6, 6.07) is 0. The van der Waals surface area contributed by atoms with Crippen LogP contribution in [0.3, 0.4) is 0 Å². The van der Waals surface area contributed by atoms with Gasteiger partial charge in [0.05, 0.1) is 0 Å². The van der Waals surface area contributed by atoms with Crippen molar-refractivity contribution in [3.63, 3.8) is 0 Å². The number of nitrogens with two attached hydrogens (primary N) is 1. The van der Waals surface area contributed by atoms with E-state index in [1.165, 1.54) is 12.8 Å². The Kier molecular flexibility index (Phi) is 4.90. The molecule has 0 unspecified atom stereocenters. The fourth-order valence-corrected chi connectivity index (χ4v) is 1.99. The number of carbonyl (C=O) groups excluding carboxylic acids is 1. The monoisotopic (exact) mass is 199 g/mol. The van der Waals surface area contributed by atoms with E-state index in [2.05, 4.69) is 10.2 Å². The largest absolute Gasteiger partial charge is 0.356 e.